The summed E-state index contributed by atoms with van der Waals surface area (Å²) in [7, 11) is 0. The number of azide groups is 1. The molecule has 0 radical (unpaired) electrons. The first kappa shape index (κ1) is 37.1. The van der Waals surface area contributed by atoms with Gasteiger partial charge in [-0.05, 0) is 36.6 Å². The van der Waals surface area contributed by atoms with Gasteiger partial charge in [0.15, 0.2) is 11.2 Å². The number of unbranched alkanes of at least 4 members (excludes halogenated alkanes) is 1. The molecule has 1 saturated heterocycles. The molecule has 1 aromatic carbocycles. The Morgan fingerprint density at radius 2 is 1.64 bits per heavy atom. The number of anilines is 4. The van der Waals surface area contributed by atoms with Crippen LogP contribution in [0.4, 0.5) is 29.4 Å². The molecule has 1 aliphatic heterocycles. The van der Waals surface area contributed by atoms with Gasteiger partial charge in [0.05, 0.1) is 29.9 Å². The lowest BCUT2D eigenvalue weighted by atomic mass is 10.1. The fraction of sp³-hybridized carbons (Fsp3) is 0.353. The summed E-state index contributed by atoms with van der Waals surface area (Å²) in [6.07, 6.45) is 8.99. The van der Waals surface area contributed by atoms with Crippen LogP contribution in [0.15, 0.2) is 58.8 Å². The molecule has 2 amide bonds. The zero-order valence-corrected chi connectivity index (χ0v) is 30.2. The van der Waals surface area contributed by atoms with Crippen molar-refractivity contribution in [2.75, 3.05) is 73.7 Å². The molecule has 288 valence electrons. The zero-order valence-electron chi connectivity index (χ0n) is 30.2. The molecule has 7 rings (SSSR count). The summed E-state index contributed by atoms with van der Waals surface area (Å²) in [6, 6.07) is 5.56. The lowest BCUT2D eigenvalue weighted by Gasteiger charge is -2.34. The number of hydrogen-bond donors (Lipinski definition) is 4. The normalized spacial score (nSPS) is 12.9. The van der Waals surface area contributed by atoms with Crippen molar-refractivity contribution in [3.8, 4) is 11.3 Å². The molecule has 0 saturated carbocycles. The highest BCUT2D eigenvalue weighted by Crippen LogP contribution is 2.32. The highest BCUT2D eigenvalue weighted by molar-refractivity contribution is 5.99. The molecule has 56 heavy (non-hydrogen) atoms. The van der Waals surface area contributed by atoms with Crippen LogP contribution < -0.4 is 31.9 Å². The van der Waals surface area contributed by atoms with Crippen LogP contribution in [0.1, 0.15) is 29.6 Å². The van der Waals surface area contributed by atoms with E-state index in [0.29, 0.717) is 102 Å². The van der Waals surface area contributed by atoms with E-state index in [1.165, 1.54) is 31.1 Å². The SMILES string of the molecule is [N-]=[N+]=Nc1cnc(N2CCN(c3ncc(C(=O)NCCOCCC(=O)NCCCCn4nc(-c5ccc6oc(N)nc6c5)c5c(N)ncnc54)cn3)CC2)nc1. The summed E-state index contributed by atoms with van der Waals surface area (Å²) in [5.41, 5.74) is 24.4. The van der Waals surface area contributed by atoms with Crippen LogP contribution in [0, 0.1) is 0 Å². The van der Waals surface area contributed by atoms with Crippen molar-refractivity contribution < 1.29 is 18.7 Å². The summed E-state index contributed by atoms with van der Waals surface area (Å²) >= 11 is 0. The van der Waals surface area contributed by atoms with Gasteiger partial charge in [0.1, 0.15) is 23.4 Å². The van der Waals surface area contributed by atoms with Crippen LogP contribution in [-0.4, -0.2) is 109 Å². The van der Waals surface area contributed by atoms with Gasteiger partial charge in [0, 0.05) is 87.5 Å². The number of nitrogens with one attached hydrogen (secondary N) is 2. The molecule has 6 heterocycles. The molecule has 5 aromatic heterocycles. The Morgan fingerprint density at radius 3 is 2.38 bits per heavy atom. The Balaban J connectivity index is 0.766. The van der Waals surface area contributed by atoms with E-state index in [0.717, 1.165) is 12.0 Å². The van der Waals surface area contributed by atoms with E-state index in [4.69, 9.17) is 31.3 Å². The van der Waals surface area contributed by atoms with E-state index in [-0.39, 0.29) is 44.0 Å². The van der Waals surface area contributed by atoms with Crippen molar-refractivity contribution in [3.63, 3.8) is 0 Å². The highest BCUT2D eigenvalue weighted by atomic mass is 16.5. The largest absolute Gasteiger partial charge is 0.424 e. The van der Waals surface area contributed by atoms with Gasteiger partial charge in [-0.15, -0.1) is 0 Å². The third kappa shape index (κ3) is 8.77. The molecule has 0 bridgehead atoms. The molecule has 0 atom stereocenters. The summed E-state index contributed by atoms with van der Waals surface area (Å²) < 4.78 is 12.7. The lowest BCUT2D eigenvalue weighted by Crippen LogP contribution is -2.47. The zero-order chi connectivity index (χ0) is 38.9. The standard InChI is InChI=1S/C34H38N18O4/c35-29-27-28(21-3-4-25-24(15-21)46-32(36)56-25)48-52(30(27)45-20-44-29)8-2-1-6-38-26(53)5-13-55-14-7-39-31(54)22-16-40-33(41-17-22)50-9-11-51(12-10-50)34-42-18-23(19-43-34)47-49-37/h3-4,15-20H,1-2,5-14H2,(H2,36,46)(H,38,53)(H,39,54)(H2,35,44,45). The van der Waals surface area contributed by atoms with Gasteiger partial charge in [-0.1, -0.05) is 5.11 Å². The number of piperazine rings is 1. The highest BCUT2D eigenvalue weighted by Gasteiger charge is 2.22. The Morgan fingerprint density at radius 1 is 0.911 bits per heavy atom. The Hall–Kier alpha value is -7.19. The minimum atomic E-state index is -0.321. The number of benzene rings is 1. The molecule has 22 nitrogen and oxygen atoms in total. The number of ether oxygens (including phenoxy) is 1. The van der Waals surface area contributed by atoms with Crippen molar-refractivity contribution in [1.29, 1.82) is 0 Å². The first-order valence-electron chi connectivity index (χ1n) is 17.8. The number of aryl methyl sites for hydroxylation is 1. The number of aromatic nitrogens is 9. The van der Waals surface area contributed by atoms with Crippen LogP contribution in [-0.2, 0) is 16.1 Å². The number of carbonyl (C=O) groups excluding carboxylic acids is 2. The maximum atomic E-state index is 12.6. The van der Waals surface area contributed by atoms with Gasteiger partial charge in [-0.2, -0.15) is 10.1 Å². The van der Waals surface area contributed by atoms with Gasteiger partial charge >= 0.3 is 0 Å². The second-order valence-electron chi connectivity index (χ2n) is 12.6. The molecular weight excluding hydrogens is 724 g/mol. The van der Waals surface area contributed by atoms with Crippen molar-refractivity contribution >= 4 is 63.4 Å². The van der Waals surface area contributed by atoms with E-state index in [9.17, 15) is 9.59 Å². The second-order valence-corrected chi connectivity index (χ2v) is 12.6. The molecule has 0 unspecified atom stereocenters. The molecule has 0 spiro atoms. The number of rotatable bonds is 16. The Labute approximate surface area is 318 Å². The predicted octanol–water partition coefficient (Wildman–Crippen LogP) is 2.38. The average Bonchev–Trinajstić information content (AvgIpc) is 3.79. The summed E-state index contributed by atoms with van der Waals surface area (Å²) in [6.45, 7) is 4.35. The van der Waals surface area contributed by atoms with E-state index in [2.05, 4.69) is 55.5 Å². The Kier molecular flexibility index (Phi) is 11.5. The van der Waals surface area contributed by atoms with Crippen molar-refractivity contribution in [1.82, 2.24) is 55.3 Å². The fourth-order valence-electron chi connectivity index (χ4n) is 6.08. The number of nitrogens with two attached hydrogens (primary N) is 2. The minimum absolute atomic E-state index is 0.0848. The van der Waals surface area contributed by atoms with Crippen LogP contribution >= 0.6 is 0 Å². The first-order valence-corrected chi connectivity index (χ1v) is 17.8. The number of nitrogen functional groups attached to an aromatic ring is 2. The topological polar surface area (TPSA) is 296 Å². The van der Waals surface area contributed by atoms with Gasteiger partial charge < -0.3 is 41.1 Å². The molecule has 1 fully saturated rings. The average molecular weight is 763 g/mol. The number of fused-ring (bicyclic) bond motifs is 2. The summed E-state index contributed by atoms with van der Waals surface area (Å²) in [5.74, 6) is 0.947. The quantitative estimate of drug-likeness (QED) is 0.0476. The summed E-state index contributed by atoms with van der Waals surface area (Å²) in [4.78, 5) is 61.8. The van der Waals surface area contributed by atoms with Crippen LogP contribution in [0.2, 0.25) is 0 Å². The smallest absolute Gasteiger partial charge is 0.292 e. The van der Waals surface area contributed by atoms with Gasteiger partial charge in [-0.25, -0.2) is 34.6 Å². The molecule has 6 aromatic rings. The lowest BCUT2D eigenvalue weighted by molar-refractivity contribution is -0.122. The van der Waals surface area contributed by atoms with Gasteiger partial charge in [-0.3, -0.25) is 9.59 Å². The fourth-order valence-corrected chi connectivity index (χ4v) is 6.08. The first-order chi connectivity index (χ1) is 27.4. The molecule has 6 N–H and O–H groups in total. The maximum Gasteiger partial charge on any atom is 0.292 e. The predicted molar refractivity (Wildman–Crippen MR) is 204 cm³/mol. The van der Waals surface area contributed by atoms with E-state index < -0.39 is 0 Å². The van der Waals surface area contributed by atoms with Crippen molar-refractivity contribution in [2.24, 2.45) is 5.11 Å². The minimum Gasteiger partial charge on any atom is -0.424 e. The summed E-state index contributed by atoms with van der Waals surface area (Å²) in [5, 5.41) is 14.6. The maximum absolute atomic E-state index is 12.6. The monoisotopic (exact) mass is 762 g/mol. The van der Waals surface area contributed by atoms with Crippen LogP contribution in [0.5, 0.6) is 0 Å². The number of carbonyl (C=O) groups is 2. The molecule has 1 aliphatic rings. The van der Waals surface area contributed by atoms with Gasteiger partial charge in [0.2, 0.25) is 17.8 Å². The van der Waals surface area contributed by atoms with E-state index >= 15 is 0 Å². The third-order valence-corrected chi connectivity index (χ3v) is 8.89. The van der Waals surface area contributed by atoms with Crippen LogP contribution in [0.3, 0.4) is 0 Å². The van der Waals surface area contributed by atoms with Gasteiger partial charge in [0.25, 0.3) is 11.9 Å². The molecule has 0 aliphatic carbocycles. The number of oxazole rings is 1. The van der Waals surface area contributed by atoms with E-state index in [1.54, 1.807) is 10.7 Å². The third-order valence-electron chi connectivity index (χ3n) is 8.89. The Bertz CT molecular complexity index is 2350. The van der Waals surface area contributed by atoms with Crippen molar-refractivity contribution in [3.05, 3.63) is 65.3 Å². The number of amides is 2. The second kappa shape index (κ2) is 17.3. The number of nitrogens with zero attached hydrogens (tertiary/aromatic N) is 14. The number of hydrogen-bond acceptors (Lipinski definition) is 17. The van der Waals surface area contributed by atoms with E-state index in [1.807, 2.05) is 21.9 Å². The molecular formula is C34H38N18O4. The van der Waals surface area contributed by atoms with Crippen LogP contribution in [0.25, 0.3) is 43.8 Å². The molecule has 22 heteroatoms. The van der Waals surface area contributed by atoms with Crippen molar-refractivity contribution in [2.45, 2.75) is 25.8 Å².